The fourth-order valence-electron chi connectivity index (χ4n) is 3.43. The predicted molar refractivity (Wildman–Crippen MR) is 97.0 cm³/mol. The summed E-state index contributed by atoms with van der Waals surface area (Å²) < 4.78 is 6.94. The van der Waals surface area contributed by atoms with Crippen LogP contribution in [0.25, 0.3) is 6.20 Å². The standard InChI is InChI=1S/C18H19ClN4O2/c1-11-15-7-14(25-2)4-3-12(15)5-6-22(11)18(24)16-8-17-20-9-13(19)10-23(17)21-16/h3-4,7-8,10-11,20H,5-6,9H2,1-2H3. The summed E-state index contributed by atoms with van der Waals surface area (Å²) >= 11 is 6.02. The zero-order valence-corrected chi connectivity index (χ0v) is 14.9. The van der Waals surface area contributed by atoms with Gasteiger partial charge in [-0.15, -0.1) is 0 Å². The number of hydrogen-bond acceptors (Lipinski definition) is 4. The number of amides is 1. The Morgan fingerprint density at radius 2 is 2.24 bits per heavy atom. The molecule has 2 aliphatic rings. The number of aromatic nitrogens is 2. The average Bonchev–Trinajstić information content (AvgIpc) is 3.04. The number of anilines is 1. The van der Waals surface area contributed by atoms with Crippen molar-refractivity contribution in [2.75, 3.05) is 25.5 Å². The van der Waals surface area contributed by atoms with Gasteiger partial charge >= 0.3 is 0 Å². The highest BCUT2D eigenvalue weighted by molar-refractivity contribution is 6.31. The van der Waals surface area contributed by atoms with Gasteiger partial charge in [0.1, 0.15) is 11.6 Å². The van der Waals surface area contributed by atoms with Crippen LogP contribution in [0.5, 0.6) is 5.75 Å². The first kappa shape index (κ1) is 16.0. The van der Waals surface area contributed by atoms with Gasteiger partial charge in [0, 0.05) is 18.8 Å². The SMILES string of the molecule is COc1ccc2c(c1)C(C)N(C(=O)c1cc3n(n1)C=C(Cl)CN3)CC2. The summed E-state index contributed by atoms with van der Waals surface area (Å²) in [6.45, 7) is 3.26. The highest BCUT2D eigenvalue weighted by Gasteiger charge is 2.30. The molecule has 3 heterocycles. The number of ether oxygens (including phenoxy) is 1. The van der Waals surface area contributed by atoms with Crippen molar-refractivity contribution in [1.29, 1.82) is 0 Å². The van der Waals surface area contributed by atoms with Crippen molar-refractivity contribution in [3.63, 3.8) is 0 Å². The molecule has 1 aromatic carbocycles. The molecule has 1 N–H and O–H groups in total. The lowest BCUT2D eigenvalue weighted by molar-refractivity contribution is 0.0671. The van der Waals surface area contributed by atoms with Gasteiger partial charge in [-0.3, -0.25) is 4.79 Å². The van der Waals surface area contributed by atoms with Gasteiger partial charge in [-0.1, -0.05) is 17.7 Å². The number of hydrogen-bond donors (Lipinski definition) is 1. The molecule has 4 rings (SSSR count). The van der Waals surface area contributed by atoms with Crippen LogP contribution in [0.15, 0.2) is 29.3 Å². The Labute approximate surface area is 151 Å². The molecule has 0 radical (unpaired) electrons. The van der Waals surface area contributed by atoms with E-state index in [1.54, 1.807) is 24.1 Å². The monoisotopic (exact) mass is 358 g/mol. The molecule has 1 unspecified atom stereocenters. The van der Waals surface area contributed by atoms with Gasteiger partial charge in [-0.05, 0) is 36.6 Å². The van der Waals surface area contributed by atoms with Crippen LogP contribution in [0.3, 0.4) is 0 Å². The minimum atomic E-state index is -0.0748. The summed E-state index contributed by atoms with van der Waals surface area (Å²) in [5.41, 5.74) is 2.81. The Balaban J connectivity index is 1.63. The van der Waals surface area contributed by atoms with E-state index in [4.69, 9.17) is 16.3 Å². The second kappa shape index (κ2) is 6.11. The van der Waals surface area contributed by atoms with Crippen molar-refractivity contribution >= 4 is 29.5 Å². The number of fused-ring (bicyclic) bond motifs is 2. The van der Waals surface area contributed by atoms with Gasteiger partial charge in [0.2, 0.25) is 0 Å². The molecule has 1 amide bonds. The second-order valence-corrected chi connectivity index (χ2v) is 6.76. The molecule has 0 aliphatic carbocycles. The van der Waals surface area contributed by atoms with Crippen molar-refractivity contribution in [3.8, 4) is 5.75 Å². The topological polar surface area (TPSA) is 59.4 Å². The molecule has 25 heavy (non-hydrogen) atoms. The van der Waals surface area contributed by atoms with Crippen LogP contribution < -0.4 is 10.1 Å². The van der Waals surface area contributed by atoms with Gasteiger partial charge in [-0.2, -0.15) is 5.10 Å². The van der Waals surface area contributed by atoms with Gasteiger partial charge in [-0.25, -0.2) is 4.68 Å². The number of carbonyl (C=O) groups is 1. The zero-order valence-electron chi connectivity index (χ0n) is 14.1. The quantitative estimate of drug-likeness (QED) is 0.896. The highest BCUT2D eigenvalue weighted by Crippen LogP contribution is 2.33. The summed E-state index contributed by atoms with van der Waals surface area (Å²) in [7, 11) is 1.65. The fraction of sp³-hybridized carbons (Fsp3) is 0.333. The number of carbonyl (C=O) groups excluding carboxylic acids is 1. The molecular formula is C18H19ClN4O2. The Morgan fingerprint density at radius 3 is 3.04 bits per heavy atom. The average molecular weight is 359 g/mol. The summed E-state index contributed by atoms with van der Waals surface area (Å²) in [5.74, 6) is 1.51. The molecule has 130 valence electrons. The number of methoxy groups -OCH3 is 1. The largest absolute Gasteiger partial charge is 0.497 e. The lowest BCUT2D eigenvalue weighted by Crippen LogP contribution is -2.39. The van der Waals surface area contributed by atoms with Crippen LogP contribution in [-0.4, -0.2) is 40.8 Å². The van der Waals surface area contributed by atoms with Crippen LogP contribution in [0, 0.1) is 0 Å². The first-order valence-electron chi connectivity index (χ1n) is 8.24. The lowest BCUT2D eigenvalue weighted by atomic mass is 9.93. The fourth-order valence-corrected chi connectivity index (χ4v) is 3.59. The number of rotatable bonds is 2. The summed E-state index contributed by atoms with van der Waals surface area (Å²) in [6.07, 6.45) is 2.55. The zero-order chi connectivity index (χ0) is 17.6. The molecule has 0 fully saturated rings. The maximum atomic E-state index is 13.0. The summed E-state index contributed by atoms with van der Waals surface area (Å²) in [5, 5.41) is 8.18. The Hall–Kier alpha value is -2.47. The molecule has 0 bridgehead atoms. The number of benzene rings is 1. The van der Waals surface area contributed by atoms with E-state index < -0.39 is 0 Å². The maximum Gasteiger partial charge on any atom is 0.274 e. The Bertz CT molecular complexity index is 874. The minimum absolute atomic E-state index is 0.0304. The highest BCUT2D eigenvalue weighted by atomic mass is 35.5. The number of nitrogens with one attached hydrogen (secondary N) is 1. The molecule has 6 nitrogen and oxygen atoms in total. The first-order valence-corrected chi connectivity index (χ1v) is 8.62. The van der Waals surface area contributed by atoms with Crippen molar-refractivity contribution in [3.05, 3.63) is 46.1 Å². The molecule has 0 saturated carbocycles. The molecule has 0 saturated heterocycles. The second-order valence-electron chi connectivity index (χ2n) is 6.28. The van der Waals surface area contributed by atoms with Crippen LogP contribution in [0.1, 0.15) is 34.6 Å². The molecule has 0 spiro atoms. The molecule has 2 aliphatic heterocycles. The molecule has 1 aromatic heterocycles. The van der Waals surface area contributed by atoms with Crippen LogP contribution >= 0.6 is 11.6 Å². The number of nitrogens with zero attached hydrogens (tertiary/aromatic N) is 3. The predicted octanol–water partition coefficient (Wildman–Crippen LogP) is 3.11. The lowest BCUT2D eigenvalue weighted by Gasteiger charge is -2.35. The third-order valence-electron chi connectivity index (χ3n) is 4.81. The van der Waals surface area contributed by atoms with Gasteiger partial charge < -0.3 is 15.0 Å². The maximum absolute atomic E-state index is 13.0. The van der Waals surface area contributed by atoms with E-state index in [1.165, 1.54) is 5.56 Å². The van der Waals surface area contributed by atoms with Crippen molar-refractivity contribution in [1.82, 2.24) is 14.7 Å². The van der Waals surface area contributed by atoms with E-state index in [-0.39, 0.29) is 11.9 Å². The Kier molecular flexibility index (Phi) is 3.92. The third kappa shape index (κ3) is 2.76. The molecule has 2 aromatic rings. The smallest absolute Gasteiger partial charge is 0.274 e. The Morgan fingerprint density at radius 1 is 1.40 bits per heavy atom. The third-order valence-corrected chi connectivity index (χ3v) is 5.04. The van der Waals surface area contributed by atoms with Crippen molar-refractivity contribution in [2.45, 2.75) is 19.4 Å². The van der Waals surface area contributed by atoms with Gasteiger partial charge in [0.15, 0.2) is 5.69 Å². The summed E-state index contributed by atoms with van der Waals surface area (Å²) in [4.78, 5) is 14.9. The van der Waals surface area contributed by atoms with E-state index in [0.717, 1.165) is 23.6 Å². The molecule has 7 heteroatoms. The van der Waals surface area contributed by atoms with E-state index >= 15 is 0 Å². The van der Waals surface area contributed by atoms with E-state index in [9.17, 15) is 4.79 Å². The van der Waals surface area contributed by atoms with E-state index in [0.29, 0.717) is 23.8 Å². The van der Waals surface area contributed by atoms with Gasteiger partial charge in [0.25, 0.3) is 5.91 Å². The first-order chi connectivity index (χ1) is 12.1. The summed E-state index contributed by atoms with van der Waals surface area (Å²) in [6, 6.07) is 7.81. The van der Waals surface area contributed by atoms with Crippen molar-refractivity contribution in [2.24, 2.45) is 0 Å². The van der Waals surface area contributed by atoms with E-state index in [2.05, 4.69) is 16.5 Å². The van der Waals surface area contributed by atoms with Crippen molar-refractivity contribution < 1.29 is 9.53 Å². The molecule has 1 atom stereocenters. The minimum Gasteiger partial charge on any atom is -0.497 e. The van der Waals surface area contributed by atoms with Crippen LogP contribution in [0.4, 0.5) is 5.82 Å². The number of halogens is 1. The van der Waals surface area contributed by atoms with Crippen LogP contribution in [0.2, 0.25) is 0 Å². The van der Waals surface area contributed by atoms with Gasteiger partial charge in [0.05, 0.1) is 24.7 Å². The normalized spacial score (nSPS) is 18.8. The molecular weight excluding hydrogens is 340 g/mol. The van der Waals surface area contributed by atoms with E-state index in [1.807, 2.05) is 24.0 Å². The van der Waals surface area contributed by atoms with Crippen LogP contribution in [-0.2, 0) is 6.42 Å².